The third-order valence-corrected chi connectivity index (χ3v) is 3.33. The molecular formula is C13H15FN2O2. The molecule has 1 heterocycles. The average molecular weight is 250 g/mol. The van der Waals surface area contributed by atoms with Crippen molar-refractivity contribution in [2.75, 3.05) is 0 Å². The number of aliphatic carboxylic acids is 1. The summed E-state index contributed by atoms with van der Waals surface area (Å²) in [5.41, 5.74) is 7.67. The molecule has 0 amide bonds. The van der Waals surface area contributed by atoms with Crippen LogP contribution in [0.3, 0.4) is 0 Å². The van der Waals surface area contributed by atoms with Crippen molar-refractivity contribution in [3.05, 3.63) is 35.3 Å². The summed E-state index contributed by atoms with van der Waals surface area (Å²) in [5, 5.41) is 9.59. The van der Waals surface area contributed by atoms with Gasteiger partial charge in [-0.25, -0.2) is 4.39 Å². The van der Waals surface area contributed by atoms with Crippen LogP contribution >= 0.6 is 0 Å². The summed E-state index contributed by atoms with van der Waals surface area (Å²) < 4.78 is 15.5. The fraction of sp³-hybridized carbons (Fsp3) is 0.308. The Kier molecular flexibility index (Phi) is 3.09. The van der Waals surface area contributed by atoms with Gasteiger partial charge in [-0.15, -0.1) is 0 Å². The van der Waals surface area contributed by atoms with E-state index in [1.807, 2.05) is 6.92 Å². The predicted octanol–water partition coefficient (Wildman–Crippen LogP) is 1.58. The van der Waals surface area contributed by atoms with Crippen molar-refractivity contribution >= 4 is 16.9 Å². The minimum atomic E-state index is -1.05. The van der Waals surface area contributed by atoms with Crippen LogP contribution in [-0.4, -0.2) is 21.7 Å². The zero-order chi connectivity index (χ0) is 13.4. The maximum atomic E-state index is 13.8. The number of aryl methyl sites for hydroxylation is 1. The van der Waals surface area contributed by atoms with Crippen molar-refractivity contribution < 1.29 is 14.3 Å². The number of nitrogens with zero attached hydrogens (tertiary/aromatic N) is 1. The lowest BCUT2D eigenvalue weighted by atomic mass is 10.0. The van der Waals surface area contributed by atoms with Crippen LogP contribution in [0, 0.1) is 12.7 Å². The quantitative estimate of drug-likeness (QED) is 0.869. The molecule has 0 bridgehead atoms. The maximum Gasteiger partial charge on any atom is 0.320 e. The largest absolute Gasteiger partial charge is 0.480 e. The summed E-state index contributed by atoms with van der Waals surface area (Å²) in [6.45, 7) is 1.84. The second-order valence-corrected chi connectivity index (χ2v) is 4.41. The smallest absolute Gasteiger partial charge is 0.320 e. The van der Waals surface area contributed by atoms with E-state index in [-0.39, 0.29) is 12.2 Å². The molecule has 1 aromatic heterocycles. The molecule has 1 aromatic carbocycles. The highest BCUT2D eigenvalue weighted by atomic mass is 19.1. The summed E-state index contributed by atoms with van der Waals surface area (Å²) in [5.74, 6) is -1.36. The molecule has 2 aromatic rings. The molecule has 0 saturated carbocycles. The van der Waals surface area contributed by atoms with Gasteiger partial charge in [0.2, 0.25) is 0 Å². The second-order valence-electron chi connectivity index (χ2n) is 4.41. The number of carboxylic acids is 1. The number of aromatic nitrogens is 1. The van der Waals surface area contributed by atoms with Gasteiger partial charge in [0.05, 0.1) is 5.52 Å². The van der Waals surface area contributed by atoms with Crippen LogP contribution in [0.25, 0.3) is 10.9 Å². The van der Waals surface area contributed by atoms with Crippen LogP contribution in [0.5, 0.6) is 0 Å². The first-order valence-corrected chi connectivity index (χ1v) is 5.64. The highest BCUT2D eigenvalue weighted by Crippen LogP contribution is 2.27. The summed E-state index contributed by atoms with van der Waals surface area (Å²) in [7, 11) is 1.76. The van der Waals surface area contributed by atoms with Gasteiger partial charge in [0, 0.05) is 24.5 Å². The Hall–Kier alpha value is -1.88. The number of hydrogen-bond donors (Lipinski definition) is 2. The molecule has 2 rings (SSSR count). The molecule has 1 atom stereocenters. The minimum absolute atomic E-state index is 0.196. The Morgan fingerprint density at radius 2 is 2.22 bits per heavy atom. The third kappa shape index (κ3) is 1.86. The lowest BCUT2D eigenvalue weighted by Gasteiger charge is -2.06. The first-order chi connectivity index (χ1) is 8.43. The first-order valence-electron chi connectivity index (χ1n) is 5.64. The zero-order valence-corrected chi connectivity index (χ0v) is 10.3. The van der Waals surface area contributed by atoms with Crippen molar-refractivity contribution in [2.24, 2.45) is 12.8 Å². The monoisotopic (exact) mass is 250 g/mol. The minimum Gasteiger partial charge on any atom is -0.480 e. The van der Waals surface area contributed by atoms with Crippen molar-refractivity contribution in [3.8, 4) is 0 Å². The summed E-state index contributed by atoms with van der Waals surface area (Å²) in [6, 6.07) is 3.82. The predicted molar refractivity (Wildman–Crippen MR) is 66.9 cm³/mol. The van der Waals surface area contributed by atoms with E-state index in [0.717, 1.165) is 16.6 Å². The Bertz CT molecular complexity index is 619. The molecule has 5 heteroatoms. The molecule has 0 spiro atoms. The van der Waals surface area contributed by atoms with Crippen LogP contribution < -0.4 is 5.73 Å². The van der Waals surface area contributed by atoms with Gasteiger partial charge in [0.15, 0.2) is 0 Å². The van der Waals surface area contributed by atoms with Crippen molar-refractivity contribution in [1.82, 2.24) is 4.57 Å². The maximum absolute atomic E-state index is 13.8. The van der Waals surface area contributed by atoms with E-state index in [2.05, 4.69) is 0 Å². The number of nitrogens with two attached hydrogens (primary N) is 1. The van der Waals surface area contributed by atoms with E-state index in [1.54, 1.807) is 23.7 Å². The van der Waals surface area contributed by atoms with Gasteiger partial charge in [0.1, 0.15) is 11.9 Å². The molecule has 96 valence electrons. The van der Waals surface area contributed by atoms with E-state index in [1.165, 1.54) is 6.07 Å². The van der Waals surface area contributed by atoms with Crippen LogP contribution in [0.4, 0.5) is 4.39 Å². The van der Waals surface area contributed by atoms with Crippen molar-refractivity contribution in [2.45, 2.75) is 19.4 Å². The number of halogens is 1. The van der Waals surface area contributed by atoms with Gasteiger partial charge in [-0.05, 0) is 18.6 Å². The number of rotatable bonds is 3. The number of para-hydroxylation sites is 1. The Balaban J connectivity index is 2.61. The van der Waals surface area contributed by atoms with Gasteiger partial charge < -0.3 is 15.4 Å². The molecule has 0 fully saturated rings. The van der Waals surface area contributed by atoms with Gasteiger partial charge in [-0.1, -0.05) is 12.1 Å². The van der Waals surface area contributed by atoms with Crippen LogP contribution in [0.2, 0.25) is 0 Å². The molecule has 3 N–H and O–H groups in total. The molecule has 0 radical (unpaired) electrons. The third-order valence-electron chi connectivity index (χ3n) is 3.33. The summed E-state index contributed by atoms with van der Waals surface area (Å²) in [6.07, 6.45) is 0.196. The number of carbonyl (C=O) groups is 1. The molecule has 0 aliphatic carbocycles. The lowest BCUT2D eigenvalue weighted by Crippen LogP contribution is -2.32. The average Bonchev–Trinajstić information content (AvgIpc) is 2.55. The lowest BCUT2D eigenvalue weighted by molar-refractivity contribution is -0.138. The van der Waals surface area contributed by atoms with Crippen molar-refractivity contribution in [3.63, 3.8) is 0 Å². The fourth-order valence-corrected chi connectivity index (χ4v) is 2.23. The Morgan fingerprint density at radius 3 is 2.83 bits per heavy atom. The Morgan fingerprint density at radius 1 is 1.56 bits per heavy atom. The van der Waals surface area contributed by atoms with Gasteiger partial charge in [0.25, 0.3) is 0 Å². The second kappa shape index (κ2) is 4.42. The fourth-order valence-electron chi connectivity index (χ4n) is 2.23. The molecule has 0 aliphatic rings. The Labute approximate surface area is 104 Å². The van der Waals surface area contributed by atoms with E-state index in [0.29, 0.717) is 5.52 Å². The summed E-state index contributed by atoms with van der Waals surface area (Å²) >= 11 is 0. The number of fused-ring (bicyclic) bond motifs is 1. The zero-order valence-electron chi connectivity index (χ0n) is 10.3. The highest BCUT2D eigenvalue weighted by molar-refractivity contribution is 5.87. The molecule has 0 saturated heterocycles. The van der Waals surface area contributed by atoms with Gasteiger partial charge in [-0.2, -0.15) is 0 Å². The van der Waals surface area contributed by atoms with E-state index in [9.17, 15) is 9.18 Å². The molecule has 0 aliphatic heterocycles. The number of hydrogen-bond acceptors (Lipinski definition) is 2. The van der Waals surface area contributed by atoms with Crippen LogP contribution in [0.15, 0.2) is 18.2 Å². The number of benzene rings is 1. The SMILES string of the molecule is Cc1c(CC(N)C(=O)O)c2cccc(F)c2n1C. The van der Waals surface area contributed by atoms with Crippen LogP contribution in [0.1, 0.15) is 11.3 Å². The first kappa shape index (κ1) is 12.6. The van der Waals surface area contributed by atoms with Crippen molar-refractivity contribution in [1.29, 1.82) is 0 Å². The molecule has 4 nitrogen and oxygen atoms in total. The van der Waals surface area contributed by atoms with Gasteiger partial charge in [-0.3, -0.25) is 4.79 Å². The topological polar surface area (TPSA) is 68.2 Å². The van der Waals surface area contributed by atoms with E-state index >= 15 is 0 Å². The standard InChI is InChI=1S/C13H15FN2O2/c1-7-9(6-11(15)13(17)18)8-4-3-5-10(14)12(8)16(7)2/h3-5,11H,6,15H2,1-2H3,(H,17,18). The molecule has 18 heavy (non-hydrogen) atoms. The molecular weight excluding hydrogens is 235 g/mol. The normalized spacial score (nSPS) is 12.9. The number of carboxylic acid groups (broad SMARTS) is 1. The van der Waals surface area contributed by atoms with Crippen LogP contribution in [-0.2, 0) is 18.3 Å². The van der Waals surface area contributed by atoms with E-state index in [4.69, 9.17) is 10.8 Å². The summed E-state index contributed by atoms with van der Waals surface area (Å²) in [4.78, 5) is 10.8. The highest BCUT2D eigenvalue weighted by Gasteiger charge is 2.19. The molecule has 1 unspecified atom stereocenters. The van der Waals surface area contributed by atoms with E-state index < -0.39 is 12.0 Å². The van der Waals surface area contributed by atoms with Gasteiger partial charge >= 0.3 is 5.97 Å².